The lowest BCUT2D eigenvalue weighted by Gasteiger charge is -2.16. The number of halogens is 1. The average Bonchev–Trinajstić information content (AvgIpc) is 2.99. The van der Waals surface area contributed by atoms with Gasteiger partial charge in [0.05, 0.1) is 17.1 Å². The van der Waals surface area contributed by atoms with Crippen molar-refractivity contribution in [2.24, 2.45) is 0 Å². The minimum absolute atomic E-state index is 0.0165. The zero-order valence-corrected chi connectivity index (χ0v) is 17.2. The summed E-state index contributed by atoms with van der Waals surface area (Å²) in [6.07, 6.45) is 2.98. The molecule has 0 bridgehead atoms. The van der Waals surface area contributed by atoms with Crippen LogP contribution in [-0.4, -0.2) is 30.3 Å². The second-order valence-electron chi connectivity index (χ2n) is 5.85. The van der Waals surface area contributed by atoms with Gasteiger partial charge < -0.3 is 10.2 Å². The van der Waals surface area contributed by atoms with Crippen molar-refractivity contribution in [3.05, 3.63) is 50.1 Å². The highest BCUT2D eigenvalue weighted by Gasteiger charge is 2.19. The number of hydrogen-bond acceptors (Lipinski definition) is 3. The van der Waals surface area contributed by atoms with Crippen LogP contribution in [0.5, 0.6) is 0 Å². The van der Waals surface area contributed by atoms with Gasteiger partial charge in [0, 0.05) is 16.4 Å². The molecule has 6 heteroatoms. The van der Waals surface area contributed by atoms with Gasteiger partial charge in [-0.3, -0.25) is 9.59 Å². The van der Waals surface area contributed by atoms with Crippen LogP contribution in [0.3, 0.4) is 0 Å². The van der Waals surface area contributed by atoms with Gasteiger partial charge in [-0.1, -0.05) is 32.4 Å². The van der Waals surface area contributed by atoms with E-state index in [1.54, 1.807) is 18.4 Å². The maximum atomic E-state index is 12.6. The number of anilines is 1. The van der Waals surface area contributed by atoms with Crippen molar-refractivity contribution >= 4 is 44.8 Å². The number of rotatable bonds is 7. The van der Waals surface area contributed by atoms with Crippen LogP contribution in [0.25, 0.3) is 0 Å². The van der Waals surface area contributed by atoms with Gasteiger partial charge in [0.25, 0.3) is 5.91 Å². The number of hydrogen-bond donors (Lipinski definition) is 1. The first kappa shape index (κ1) is 19.7. The molecule has 2 aromatic rings. The predicted molar refractivity (Wildman–Crippen MR) is 107 cm³/mol. The third-order valence-electron chi connectivity index (χ3n) is 3.84. The molecule has 134 valence electrons. The summed E-state index contributed by atoms with van der Waals surface area (Å²) in [5.74, 6) is -0.326. The molecule has 0 aliphatic rings. The fourth-order valence-electron chi connectivity index (χ4n) is 2.54. The molecule has 2 rings (SSSR count). The lowest BCUT2D eigenvalue weighted by Crippen LogP contribution is -2.34. The molecule has 0 aliphatic carbocycles. The number of amides is 2. The van der Waals surface area contributed by atoms with Gasteiger partial charge >= 0.3 is 0 Å². The molecule has 0 aliphatic heterocycles. The van der Waals surface area contributed by atoms with E-state index >= 15 is 0 Å². The van der Waals surface area contributed by atoms with E-state index in [-0.39, 0.29) is 18.4 Å². The average molecular weight is 423 g/mol. The normalized spacial score (nSPS) is 10.6. The van der Waals surface area contributed by atoms with E-state index < -0.39 is 0 Å². The highest BCUT2D eigenvalue weighted by atomic mass is 79.9. The molecule has 0 radical (unpaired) electrons. The van der Waals surface area contributed by atoms with Crippen LogP contribution in [0.1, 0.15) is 40.4 Å². The minimum atomic E-state index is -0.219. The van der Waals surface area contributed by atoms with Crippen molar-refractivity contribution in [2.75, 3.05) is 18.9 Å². The van der Waals surface area contributed by atoms with Gasteiger partial charge in [-0.05, 0) is 52.5 Å². The maximum absolute atomic E-state index is 12.6. The standard InChI is InChI=1S/C19H23BrN2O2S/c1-4-8-16-13(5-2)11-17(25-16)19(24)22(3)12-18(23)21-15-10-7-6-9-14(15)20/h6-7,9-11H,4-5,8,12H2,1-3H3,(H,21,23). The summed E-state index contributed by atoms with van der Waals surface area (Å²) < 4.78 is 0.812. The largest absolute Gasteiger partial charge is 0.332 e. The smallest absolute Gasteiger partial charge is 0.264 e. The van der Waals surface area contributed by atoms with Gasteiger partial charge in [-0.15, -0.1) is 11.3 Å². The number of nitrogens with one attached hydrogen (secondary N) is 1. The van der Waals surface area contributed by atoms with Gasteiger partial charge in [0.1, 0.15) is 0 Å². The first-order valence-corrected chi connectivity index (χ1v) is 9.98. The Morgan fingerprint density at radius 2 is 1.96 bits per heavy atom. The Labute approximate surface area is 161 Å². The summed E-state index contributed by atoms with van der Waals surface area (Å²) in [5, 5.41) is 2.82. The monoisotopic (exact) mass is 422 g/mol. The molecule has 1 aromatic heterocycles. The van der Waals surface area contributed by atoms with Crippen LogP contribution in [0.15, 0.2) is 34.8 Å². The van der Waals surface area contributed by atoms with Crippen LogP contribution < -0.4 is 5.32 Å². The second kappa shape index (κ2) is 9.15. The number of para-hydroxylation sites is 1. The van der Waals surface area contributed by atoms with Crippen molar-refractivity contribution in [3.63, 3.8) is 0 Å². The first-order chi connectivity index (χ1) is 12.0. The highest BCUT2D eigenvalue weighted by molar-refractivity contribution is 9.10. The first-order valence-electron chi connectivity index (χ1n) is 8.37. The Bertz CT molecular complexity index is 758. The fraction of sp³-hybridized carbons (Fsp3) is 0.368. The molecule has 0 fully saturated rings. The molecule has 0 saturated heterocycles. The van der Waals surface area contributed by atoms with E-state index in [0.29, 0.717) is 10.6 Å². The number of aryl methyl sites for hydroxylation is 2. The van der Waals surface area contributed by atoms with Crippen LogP contribution in [0, 0.1) is 0 Å². The van der Waals surface area contributed by atoms with E-state index in [1.165, 1.54) is 15.3 Å². The predicted octanol–water partition coefficient (Wildman–Crippen LogP) is 4.74. The van der Waals surface area contributed by atoms with Gasteiger partial charge in [0.2, 0.25) is 5.91 Å². The van der Waals surface area contributed by atoms with Crippen LogP contribution in [-0.2, 0) is 17.6 Å². The highest BCUT2D eigenvalue weighted by Crippen LogP contribution is 2.26. The number of thiophene rings is 1. The summed E-state index contributed by atoms with van der Waals surface area (Å²) >= 11 is 4.94. The zero-order valence-electron chi connectivity index (χ0n) is 14.8. The van der Waals surface area contributed by atoms with E-state index in [9.17, 15) is 9.59 Å². The van der Waals surface area contributed by atoms with Gasteiger partial charge in [-0.2, -0.15) is 0 Å². The summed E-state index contributed by atoms with van der Waals surface area (Å²) in [7, 11) is 1.66. The quantitative estimate of drug-likeness (QED) is 0.700. The summed E-state index contributed by atoms with van der Waals surface area (Å²) in [4.78, 5) is 28.3. The van der Waals surface area contributed by atoms with Crippen LogP contribution in [0.4, 0.5) is 5.69 Å². The summed E-state index contributed by atoms with van der Waals surface area (Å²) in [5.41, 5.74) is 1.93. The number of likely N-dealkylation sites (N-methyl/N-ethyl adjacent to an activating group) is 1. The van der Waals surface area contributed by atoms with Crippen molar-refractivity contribution in [2.45, 2.75) is 33.1 Å². The van der Waals surface area contributed by atoms with Crippen LogP contribution >= 0.6 is 27.3 Å². The van der Waals surface area contributed by atoms with Crippen LogP contribution in [0.2, 0.25) is 0 Å². The Balaban J connectivity index is 2.02. The Morgan fingerprint density at radius 1 is 1.24 bits per heavy atom. The number of nitrogens with zero attached hydrogens (tertiary/aromatic N) is 1. The second-order valence-corrected chi connectivity index (χ2v) is 7.84. The molecule has 4 nitrogen and oxygen atoms in total. The third-order valence-corrected chi connectivity index (χ3v) is 5.76. The molecular formula is C19H23BrN2O2S. The maximum Gasteiger partial charge on any atom is 0.264 e. The molecule has 1 N–H and O–H groups in total. The van der Waals surface area contributed by atoms with E-state index in [1.807, 2.05) is 30.3 Å². The van der Waals surface area contributed by atoms with Crippen molar-refractivity contribution in [1.29, 1.82) is 0 Å². The van der Waals surface area contributed by atoms with E-state index in [2.05, 4.69) is 35.1 Å². The van der Waals surface area contributed by atoms with E-state index in [0.717, 1.165) is 23.7 Å². The lowest BCUT2D eigenvalue weighted by atomic mass is 10.1. The molecule has 0 spiro atoms. The molecule has 1 heterocycles. The van der Waals surface area contributed by atoms with Crippen molar-refractivity contribution in [3.8, 4) is 0 Å². The van der Waals surface area contributed by atoms with E-state index in [4.69, 9.17) is 0 Å². The van der Waals surface area contributed by atoms with Gasteiger partial charge in [0.15, 0.2) is 0 Å². The summed E-state index contributed by atoms with van der Waals surface area (Å²) in [6.45, 7) is 4.26. The molecular weight excluding hydrogens is 400 g/mol. The fourth-order valence-corrected chi connectivity index (χ4v) is 4.27. The Hall–Kier alpha value is -1.66. The number of carbonyl (C=O) groups excluding carboxylic acids is 2. The molecule has 0 atom stereocenters. The molecule has 1 aromatic carbocycles. The lowest BCUT2D eigenvalue weighted by molar-refractivity contribution is -0.116. The number of carbonyl (C=O) groups is 2. The van der Waals surface area contributed by atoms with Gasteiger partial charge in [-0.25, -0.2) is 0 Å². The third kappa shape index (κ3) is 5.16. The van der Waals surface area contributed by atoms with Crippen molar-refractivity contribution in [1.82, 2.24) is 4.90 Å². The molecule has 2 amide bonds. The molecule has 0 saturated carbocycles. The topological polar surface area (TPSA) is 49.4 Å². The Morgan fingerprint density at radius 3 is 2.60 bits per heavy atom. The summed E-state index contributed by atoms with van der Waals surface area (Å²) in [6, 6.07) is 9.37. The van der Waals surface area contributed by atoms with Crippen molar-refractivity contribution < 1.29 is 9.59 Å². The Kier molecular flexibility index (Phi) is 7.20. The number of benzene rings is 1. The molecule has 0 unspecified atom stereocenters. The molecule has 25 heavy (non-hydrogen) atoms. The minimum Gasteiger partial charge on any atom is -0.332 e. The SMILES string of the molecule is CCCc1sc(C(=O)N(C)CC(=O)Nc2ccccc2Br)cc1CC. The zero-order chi connectivity index (χ0) is 18.4.